The number of aryl methyl sites for hydroxylation is 4. The maximum absolute atomic E-state index is 5.97. The van der Waals surface area contributed by atoms with Crippen molar-refractivity contribution in [3.05, 3.63) is 46.3 Å². The fraction of sp³-hybridized carbons (Fsp3) is 0.412. The van der Waals surface area contributed by atoms with Crippen LogP contribution >= 0.6 is 24.0 Å². The number of hydrogen-bond acceptors (Lipinski definition) is 2. The molecular weight excluding hydrogens is 401 g/mol. The molecule has 1 aromatic carbocycles. The normalized spacial score (nSPS) is 11.3. The first-order chi connectivity index (χ1) is 10.4. The minimum Gasteiger partial charge on any atom is -0.370 e. The zero-order chi connectivity index (χ0) is 16.3. The number of aliphatic imine (C=N–C) groups is 1. The smallest absolute Gasteiger partial charge is 0.193 e. The zero-order valence-electron chi connectivity index (χ0n) is 14.5. The Kier molecular flexibility index (Phi) is 7.05. The van der Waals surface area contributed by atoms with Crippen LogP contribution < -0.4 is 11.1 Å². The molecule has 126 valence electrons. The number of guanidine groups is 1. The molecule has 2 rings (SSSR count). The van der Waals surface area contributed by atoms with Crippen molar-refractivity contribution in [3.63, 3.8) is 0 Å². The number of nitrogens with zero attached hydrogens (tertiary/aromatic N) is 3. The van der Waals surface area contributed by atoms with E-state index in [4.69, 9.17) is 5.73 Å². The maximum Gasteiger partial charge on any atom is 0.193 e. The monoisotopic (exact) mass is 427 g/mol. The van der Waals surface area contributed by atoms with Gasteiger partial charge in [0.2, 0.25) is 0 Å². The van der Waals surface area contributed by atoms with Crippen LogP contribution in [-0.4, -0.2) is 22.3 Å². The van der Waals surface area contributed by atoms with Crippen LogP contribution in [0.1, 0.15) is 28.1 Å². The summed E-state index contributed by atoms with van der Waals surface area (Å²) in [5, 5.41) is 7.57. The quantitative estimate of drug-likeness (QED) is 0.447. The van der Waals surface area contributed by atoms with Crippen LogP contribution in [0.15, 0.2) is 23.2 Å². The Morgan fingerprint density at radius 1 is 1.17 bits per heavy atom. The number of nitrogens with two attached hydrogens (primary N) is 1. The van der Waals surface area contributed by atoms with Crippen molar-refractivity contribution in [2.45, 2.75) is 34.1 Å². The van der Waals surface area contributed by atoms with E-state index in [9.17, 15) is 0 Å². The minimum atomic E-state index is 0. The molecule has 0 bridgehead atoms. The van der Waals surface area contributed by atoms with Crippen LogP contribution in [0.5, 0.6) is 0 Å². The van der Waals surface area contributed by atoms with E-state index in [1.54, 1.807) is 0 Å². The van der Waals surface area contributed by atoms with Gasteiger partial charge >= 0.3 is 0 Å². The van der Waals surface area contributed by atoms with E-state index < -0.39 is 0 Å². The molecule has 5 nitrogen and oxygen atoms in total. The SMILES string of the molecule is Cc1cc(C)cc(NC(N)=NCCc2c(C)nn(C)c2C)c1.I. The average molecular weight is 427 g/mol. The second-order valence-corrected chi connectivity index (χ2v) is 5.79. The summed E-state index contributed by atoms with van der Waals surface area (Å²) in [7, 11) is 1.96. The highest BCUT2D eigenvalue weighted by Crippen LogP contribution is 2.14. The van der Waals surface area contributed by atoms with Gasteiger partial charge in [0.1, 0.15) is 0 Å². The Morgan fingerprint density at radius 2 is 1.78 bits per heavy atom. The van der Waals surface area contributed by atoms with Gasteiger partial charge in [-0.1, -0.05) is 6.07 Å². The van der Waals surface area contributed by atoms with Gasteiger partial charge in [0.25, 0.3) is 0 Å². The molecule has 23 heavy (non-hydrogen) atoms. The second kappa shape index (κ2) is 8.33. The van der Waals surface area contributed by atoms with Gasteiger partial charge in [-0.2, -0.15) is 5.10 Å². The number of hydrogen-bond donors (Lipinski definition) is 2. The van der Waals surface area contributed by atoms with Crippen molar-refractivity contribution in [2.24, 2.45) is 17.8 Å². The van der Waals surface area contributed by atoms with Crippen molar-refractivity contribution < 1.29 is 0 Å². The summed E-state index contributed by atoms with van der Waals surface area (Å²) < 4.78 is 1.91. The predicted octanol–water partition coefficient (Wildman–Crippen LogP) is 3.24. The van der Waals surface area contributed by atoms with Crippen LogP contribution in [0, 0.1) is 27.7 Å². The molecule has 0 fully saturated rings. The summed E-state index contributed by atoms with van der Waals surface area (Å²) in [6.07, 6.45) is 0.848. The van der Waals surface area contributed by atoms with Gasteiger partial charge in [0.15, 0.2) is 5.96 Å². The number of halogens is 1. The Labute approximate surface area is 155 Å². The fourth-order valence-electron chi connectivity index (χ4n) is 2.70. The number of aromatic nitrogens is 2. The van der Waals surface area contributed by atoms with E-state index in [0.717, 1.165) is 17.8 Å². The zero-order valence-corrected chi connectivity index (χ0v) is 16.8. The van der Waals surface area contributed by atoms with E-state index in [2.05, 4.69) is 54.4 Å². The largest absolute Gasteiger partial charge is 0.370 e. The summed E-state index contributed by atoms with van der Waals surface area (Å²) in [5.41, 5.74) is 12.9. The lowest BCUT2D eigenvalue weighted by molar-refractivity contribution is 0.730. The Bertz CT molecular complexity index is 683. The summed E-state index contributed by atoms with van der Waals surface area (Å²) >= 11 is 0. The van der Waals surface area contributed by atoms with Gasteiger partial charge in [-0.15, -0.1) is 24.0 Å². The van der Waals surface area contributed by atoms with Crippen LogP contribution in [0.25, 0.3) is 0 Å². The number of rotatable bonds is 4. The lowest BCUT2D eigenvalue weighted by atomic mass is 10.1. The number of nitrogens with one attached hydrogen (secondary N) is 1. The summed E-state index contributed by atoms with van der Waals surface area (Å²) in [6.45, 7) is 8.90. The van der Waals surface area contributed by atoms with Crippen molar-refractivity contribution in [1.82, 2.24) is 9.78 Å². The summed E-state index contributed by atoms with van der Waals surface area (Å²) in [6, 6.07) is 6.25. The average Bonchev–Trinajstić information content (AvgIpc) is 2.63. The van der Waals surface area contributed by atoms with Gasteiger partial charge in [-0.3, -0.25) is 9.67 Å². The van der Waals surface area contributed by atoms with Gasteiger partial charge in [-0.05, 0) is 62.9 Å². The minimum absolute atomic E-state index is 0. The highest BCUT2D eigenvalue weighted by Gasteiger charge is 2.08. The molecule has 3 N–H and O–H groups in total. The van der Waals surface area contributed by atoms with Gasteiger partial charge < -0.3 is 11.1 Å². The lowest BCUT2D eigenvalue weighted by Crippen LogP contribution is -2.23. The molecule has 0 amide bonds. The van der Waals surface area contributed by atoms with Crippen molar-refractivity contribution >= 4 is 35.6 Å². The fourth-order valence-corrected chi connectivity index (χ4v) is 2.70. The molecule has 0 unspecified atom stereocenters. The molecule has 0 spiro atoms. The Morgan fingerprint density at radius 3 is 2.30 bits per heavy atom. The van der Waals surface area contributed by atoms with E-state index in [1.807, 2.05) is 18.7 Å². The van der Waals surface area contributed by atoms with E-state index in [1.165, 1.54) is 22.4 Å². The molecule has 0 atom stereocenters. The van der Waals surface area contributed by atoms with Crippen molar-refractivity contribution in [3.8, 4) is 0 Å². The van der Waals surface area contributed by atoms with Crippen LogP contribution in [0.4, 0.5) is 5.69 Å². The first-order valence-corrected chi connectivity index (χ1v) is 7.51. The number of anilines is 1. The van der Waals surface area contributed by atoms with Crippen LogP contribution in [-0.2, 0) is 13.5 Å². The van der Waals surface area contributed by atoms with E-state index >= 15 is 0 Å². The Hall–Kier alpha value is -1.57. The predicted molar refractivity (Wildman–Crippen MR) is 108 cm³/mol. The first-order valence-electron chi connectivity index (χ1n) is 7.51. The van der Waals surface area contributed by atoms with Crippen LogP contribution in [0.2, 0.25) is 0 Å². The summed E-state index contributed by atoms with van der Waals surface area (Å²) in [4.78, 5) is 4.41. The summed E-state index contributed by atoms with van der Waals surface area (Å²) in [5.74, 6) is 0.448. The van der Waals surface area contributed by atoms with E-state index in [-0.39, 0.29) is 24.0 Å². The van der Waals surface area contributed by atoms with Gasteiger partial charge in [-0.25, -0.2) is 0 Å². The second-order valence-electron chi connectivity index (χ2n) is 5.79. The topological polar surface area (TPSA) is 68.2 Å². The lowest BCUT2D eigenvalue weighted by Gasteiger charge is -2.08. The van der Waals surface area contributed by atoms with Crippen molar-refractivity contribution in [2.75, 3.05) is 11.9 Å². The molecular formula is C17H26IN5. The van der Waals surface area contributed by atoms with Gasteiger partial charge in [0, 0.05) is 25.0 Å². The molecule has 0 saturated carbocycles. The highest BCUT2D eigenvalue weighted by molar-refractivity contribution is 14.0. The first kappa shape index (κ1) is 19.5. The molecule has 0 saturated heterocycles. The third-order valence-corrected chi connectivity index (χ3v) is 3.80. The molecule has 0 aliphatic carbocycles. The molecule has 0 radical (unpaired) electrons. The highest BCUT2D eigenvalue weighted by atomic mass is 127. The molecule has 1 aromatic heterocycles. The third kappa shape index (κ3) is 5.23. The Balaban J connectivity index is 0.00000264. The van der Waals surface area contributed by atoms with Crippen molar-refractivity contribution in [1.29, 1.82) is 0 Å². The molecule has 2 aromatic rings. The van der Waals surface area contributed by atoms with Gasteiger partial charge in [0.05, 0.1) is 5.69 Å². The molecule has 1 heterocycles. The molecule has 0 aliphatic rings. The standard InChI is InChI=1S/C17H25N5.HI/c1-11-8-12(2)10-15(9-11)20-17(18)19-7-6-16-13(3)21-22(5)14(16)4;/h8-10H,6-7H2,1-5H3,(H3,18,19,20);1H. The molecule has 0 aliphatic heterocycles. The third-order valence-electron chi connectivity index (χ3n) is 3.80. The van der Waals surface area contributed by atoms with E-state index in [0.29, 0.717) is 12.5 Å². The maximum atomic E-state index is 5.97. The molecule has 6 heteroatoms. The van der Waals surface area contributed by atoms with Crippen LogP contribution in [0.3, 0.4) is 0 Å². The number of benzene rings is 1.